The maximum atomic E-state index is 12.7. The van der Waals surface area contributed by atoms with Crippen LogP contribution in [0.2, 0.25) is 0 Å². The number of esters is 1. The van der Waals surface area contributed by atoms with Crippen molar-refractivity contribution < 1.29 is 19.1 Å². The van der Waals surface area contributed by atoms with Crippen LogP contribution in [0.1, 0.15) is 42.6 Å². The summed E-state index contributed by atoms with van der Waals surface area (Å²) in [6, 6.07) is 6.42. The molecule has 0 unspecified atom stereocenters. The highest BCUT2D eigenvalue weighted by atomic mass is 16.5. The molecular formula is C19H22N4O5. The lowest BCUT2D eigenvalue weighted by molar-refractivity contribution is -0.152. The van der Waals surface area contributed by atoms with Crippen molar-refractivity contribution in [2.75, 3.05) is 7.11 Å². The zero-order valence-electron chi connectivity index (χ0n) is 15.6. The predicted octanol–water partition coefficient (Wildman–Crippen LogP) is 0.487. The second kappa shape index (κ2) is 7.79. The van der Waals surface area contributed by atoms with E-state index in [0.717, 1.165) is 23.9 Å². The van der Waals surface area contributed by atoms with Crippen molar-refractivity contribution >= 4 is 28.6 Å². The normalized spacial score (nSPS) is 15.8. The van der Waals surface area contributed by atoms with Crippen molar-refractivity contribution in [3.8, 4) is 0 Å². The first-order valence-corrected chi connectivity index (χ1v) is 9.07. The first kappa shape index (κ1) is 19.5. The molecule has 2 aromatic rings. The Morgan fingerprint density at radius 2 is 1.82 bits per heavy atom. The summed E-state index contributed by atoms with van der Waals surface area (Å²) in [6.45, 7) is -0.442. The van der Waals surface area contributed by atoms with E-state index in [-0.39, 0.29) is 11.1 Å². The number of carbonyl (C=O) groups excluding carboxylic acids is 3. The summed E-state index contributed by atoms with van der Waals surface area (Å²) < 4.78 is 5.77. The average Bonchev–Trinajstić information content (AvgIpc) is 2.69. The molecule has 0 saturated heterocycles. The molecule has 9 nitrogen and oxygen atoms in total. The lowest BCUT2D eigenvalue weighted by Gasteiger charge is -2.35. The van der Waals surface area contributed by atoms with Crippen molar-refractivity contribution in [3.05, 3.63) is 40.3 Å². The Kier molecular flexibility index (Phi) is 5.43. The van der Waals surface area contributed by atoms with Crippen LogP contribution in [0.15, 0.2) is 29.1 Å². The zero-order valence-corrected chi connectivity index (χ0v) is 15.6. The lowest BCUT2D eigenvalue weighted by Crippen LogP contribution is -2.57. The highest BCUT2D eigenvalue weighted by molar-refractivity contribution is 6.04. The molecule has 28 heavy (non-hydrogen) atoms. The van der Waals surface area contributed by atoms with Gasteiger partial charge in [-0.25, -0.2) is 9.48 Å². The van der Waals surface area contributed by atoms with Gasteiger partial charge in [0.25, 0.3) is 11.5 Å². The lowest BCUT2D eigenvalue weighted by atomic mass is 9.81. The van der Waals surface area contributed by atoms with Crippen molar-refractivity contribution in [1.82, 2.24) is 15.1 Å². The fraction of sp³-hybridized carbons (Fsp3) is 0.421. The van der Waals surface area contributed by atoms with Crippen LogP contribution in [-0.4, -0.2) is 40.2 Å². The third-order valence-corrected chi connectivity index (χ3v) is 5.06. The van der Waals surface area contributed by atoms with Gasteiger partial charge in [-0.2, -0.15) is 5.10 Å². The zero-order chi connectivity index (χ0) is 20.3. The van der Waals surface area contributed by atoms with E-state index in [1.54, 1.807) is 18.2 Å². The number of hydrogen-bond acceptors (Lipinski definition) is 6. The summed E-state index contributed by atoms with van der Waals surface area (Å²) in [5.41, 5.74) is 3.66. The molecule has 1 aliphatic carbocycles. The highest BCUT2D eigenvalue weighted by Crippen LogP contribution is 2.29. The molecule has 1 saturated carbocycles. The monoisotopic (exact) mass is 386 g/mol. The maximum Gasteiger partial charge on any atom is 0.331 e. The number of benzene rings is 1. The van der Waals surface area contributed by atoms with Crippen LogP contribution in [0.25, 0.3) is 10.8 Å². The standard InChI is InChI=1S/C19H22N4O5/c1-28-18(27)19(9-5-2-6-10-19)21-14(24)11-23-17(26)13-8-4-3-7-12(13)15(22-23)16(20)25/h3-4,7-8H,2,5-6,9-11H2,1H3,(H2,20,25)(H,21,24). The fourth-order valence-electron chi connectivity index (χ4n) is 3.70. The van der Waals surface area contributed by atoms with Crippen LogP contribution in [0.5, 0.6) is 0 Å². The summed E-state index contributed by atoms with van der Waals surface area (Å²) in [6.07, 6.45) is 3.49. The van der Waals surface area contributed by atoms with E-state index < -0.39 is 35.4 Å². The predicted molar refractivity (Wildman–Crippen MR) is 100 cm³/mol. The average molecular weight is 386 g/mol. The van der Waals surface area contributed by atoms with Crippen molar-refractivity contribution in [3.63, 3.8) is 0 Å². The molecule has 3 rings (SSSR count). The van der Waals surface area contributed by atoms with Crippen molar-refractivity contribution in [2.45, 2.75) is 44.2 Å². The molecule has 0 spiro atoms. The molecule has 1 aliphatic rings. The number of rotatable bonds is 5. The van der Waals surface area contributed by atoms with Crippen molar-refractivity contribution in [1.29, 1.82) is 0 Å². The molecule has 0 bridgehead atoms. The number of aromatic nitrogens is 2. The number of primary amides is 1. The maximum absolute atomic E-state index is 12.7. The van der Waals surface area contributed by atoms with Gasteiger partial charge in [-0.1, -0.05) is 37.5 Å². The molecule has 2 amide bonds. The first-order valence-electron chi connectivity index (χ1n) is 9.07. The van der Waals surface area contributed by atoms with Gasteiger partial charge in [0.15, 0.2) is 5.69 Å². The second-order valence-electron chi connectivity index (χ2n) is 6.90. The Morgan fingerprint density at radius 3 is 2.43 bits per heavy atom. The van der Waals surface area contributed by atoms with Gasteiger partial charge >= 0.3 is 5.97 Å². The minimum absolute atomic E-state index is 0.0941. The molecule has 0 aliphatic heterocycles. The van der Waals surface area contributed by atoms with Gasteiger partial charge in [0.05, 0.1) is 12.5 Å². The largest absolute Gasteiger partial charge is 0.467 e. The minimum Gasteiger partial charge on any atom is -0.467 e. The van der Waals surface area contributed by atoms with Gasteiger partial charge in [-0.15, -0.1) is 0 Å². The van der Waals surface area contributed by atoms with E-state index >= 15 is 0 Å². The molecule has 0 radical (unpaired) electrons. The molecule has 3 N–H and O–H groups in total. The number of carbonyl (C=O) groups is 3. The fourth-order valence-corrected chi connectivity index (χ4v) is 3.70. The Hall–Kier alpha value is -3.23. The quantitative estimate of drug-likeness (QED) is 0.718. The van der Waals surface area contributed by atoms with Crippen LogP contribution in [0.4, 0.5) is 0 Å². The summed E-state index contributed by atoms with van der Waals surface area (Å²) in [5.74, 6) is -1.87. The van der Waals surface area contributed by atoms with Crippen molar-refractivity contribution in [2.24, 2.45) is 5.73 Å². The highest BCUT2D eigenvalue weighted by Gasteiger charge is 2.42. The Morgan fingerprint density at radius 1 is 1.18 bits per heavy atom. The molecule has 1 fully saturated rings. The summed E-state index contributed by atoms with van der Waals surface area (Å²) in [4.78, 5) is 49.3. The van der Waals surface area contributed by atoms with Gasteiger partial charge in [0.1, 0.15) is 12.1 Å². The number of hydrogen-bond donors (Lipinski definition) is 2. The molecule has 1 aromatic heterocycles. The molecule has 1 heterocycles. The number of methoxy groups -OCH3 is 1. The number of ether oxygens (including phenoxy) is 1. The molecular weight excluding hydrogens is 364 g/mol. The molecule has 148 valence electrons. The summed E-state index contributed by atoms with van der Waals surface area (Å²) >= 11 is 0. The molecule has 0 atom stereocenters. The van der Waals surface area contributed by atoms with Gasteiger partial charge in [-0.05, 0) is 18.9 Å². The van der Waals surface area contributed by atoms with E-state index in [2.05, 4.69) is 10.4 Å². The summed E-state index contributed by atoms with van der Waals surface area (Å²) in [5, 5.41) is 7.26. The smallest absolute Gasteiger partial charge is 0.331 e. The van der Waals surface area contributed by atoms with E-state index in [1.165, 1.54) is 13.2 Å². The Labute approximate surface area is 160 Å². The third kappa shape index (κ3) is 3.60. The van der Waals surface area contributed by atoms with Gasteiger partial charge in [0, 0.05) is 5.39 Å². The number of nitrogens with two attached hydrogens (primary N) is 1. The minimum atomic E-state index is -1.10. The van der Waals surface area contributed by atoms with E-state index in [0.29, 0.717) is 18.2 Å². The second-order valence-corrected chi connectivity index (χ2v) is 6.90. The topological polar surface area (TPSA) is 133 Å². The van der Waals surface area contributed by atoms with E-state index in [1.807, 2.05) is 0 Å². The van der Waals surface area contributed by atoms with Crippen LogP contribution in [-0.2, 0) is 20.9 Å². The van der Waals surface area contributed by atoms with Crippen LogP contribution < -0.4 is 16.6 Å². The third-order valence-electron chi connectivity index (χ3n) is 5.06. The van der Waals surface area contributed by atoms with E-state index in [9.17, 15) is 19.2 Å². The molecule has 1 aromatic carbocycles. The van der Waals surface area contributed by atoms with Crippen LogP contribution >= 0.6 is 0 Å². The SMILES string of the molecule is COC(=O)C1(NC(=O)Cn2nc(C(N)=O)c3ccccc3c2=O)CCCCC1. The Bertz CT molecular complexity index is 991. The van der Waals surface area contributed by atoms with Gasteiger partial charge in [-0.3, -0.25) is 14.4 Å². The summed E-state index contributed by atoms with van der Waals surface area (Å²) in [7, 11) is 1.28. The van der Waals surface area contributed by atoms with Crippen LogP contribution in [0, 0.1) is 0 Å². The number of fused-ring (bicyclic) bond motifs is 1. The number of amides is 2. The van der Waals surface area contributed by atoms with Gasteiger partial charge in [0.2, 0.25) is 5.91 Å². The van der Waals surface area contributed by atoms with Gasteiger partial charge < -0.3 is 15.8 Å². The molecule has 9 heteroatoms. The van der Waals surface area contributed by atoms with E-state index in [4.69, 9.17) is 10.5 Å². The first-order chi connectivity index (χ1) is 13.4. The number of nitrogens with one attached hydrogen (secondary N) is 1. The number of nitrogens with zero attached hydrogens (tertiary/aromatic N) is 2. The Balaban J connectivity index is 1.92. The van der Waals surface area contributed by atoms with Crippen LogP contribution in [0.3, 0.4) is 0 Å².